The predicted octanol–water partition coefficient (Wildman–Crippen LogP) is 6.08. The summed E-state index contributed by atoms with van der Waals surface area (Å²) in [5, 5.41) is 0.412. The summed E-state index contributed by atoms with van der Waals surface area (Å²) in [5.74, 6) is 1.80. The van der Waals surface area contributed by atoms with E-state index in [0.717, 1.165) is 59.6 Å². The molecule has 0 bridgehead atoms. The Labute approximate surface area is 203 Å². The number of ether oxygens (including phenoxy) is 2. The number of methoxy groups -OCH3 is 1. The van der Waals surface area contributed by atoms with Crippen LogP contribution < -0.4 is 4.74 Å². The summed E-state index contributed by atoms with van der Waals surface area (Å²) in [4.78, 5) is 21.3. The summed E-state index contributed by atoms with van der Waals surface area (Å²) in [5.41, 5.74) is 3.60. The highest BCUT2D eigenvalue weighted by molar-refractivity contribution is 6.33. The molecule has 34 heavy (non-hydrogen) atoms. The van der Waals surface area contributed by atoms with Crippen molar-refractivity contribution in [2.45, 2.75) is 38.2 Å². The molecule has 1 fully saturated rings. The van der Waals surface area contributed by atoms with Crippen LogP contribution in [0.3, 0.4) is 0 Å². The topological polar surface area (TPSA) is 65.7 Å². The van der Waals surface area contributed by atoms with Gasteiger partial charge in [0.05, 0.1) is 18.7 Å². The molecule has 5 rings (SSSR count). The number of hydrogen-bond acceptors (Lipinski definition) is 5. The highest BCUT2D eigenvalue weighted by Crippen LogP contribution is 2.39. The van der Waals surface area contributed by atoms with Gasteiger partial charge in [0.15, 0.2) is 5.15 Å². The Bertz CT molecular complexity index is 1300. The van der Waals surface area contributed by atoms with Gasteiger partial charge >= 0.3 is 5.97 Å². The fourth-order valence-electron chi connectivity index (χ4n) is 4.74. The van der Waals surface area contributed by atoms with E-state index in [4.69, 9.17) is 26.1 Å². The van der Waals surface area contributed by atoms with E-state index in [1.165, 1.54) is 7.11 Å². The van der Waals surface area contributed by atoms with Crippen LogP contribution in [0.25, 0.3) is 16.8 Å². The molecule has 6 nitrogen and oxygen atoms in total. The van der Waals surface area contributed by atoms with Crippen LogP contribution in [0.2, 0.25) is 5.15 Å². The molecule has 2 aromatic carbocycles. The van der Waals surface area contributed by atoms with Crippen molar-refractivity contribution in [2.75, 3.05) is 7.11 Å². The van der Waals surface area contributed by atoms with Gasteiger partial charge in [-0.25, -0.2) is 9.97 Å². The van der Waals surface area contributed by atoms with Gasteiger partial charge in [-0.1, -0.05) is 54.1 Å². The third-order valence-corrected chi connectivity index (χ3v) is 6.80. The molecule has 4 aromatic rings. The van der Waals surface area contributed by atoms with Gasteiger partial charge in [0.2, 0.25) is 0 Å². The second kappa shape index (κ2) is 9.85. The van der Waals surface area contributed by atoms with Crippen LogP contribution in [0.5, 0.6) is 5.75 Å². The minimum absolute atomic E-state index is 0.0318. The standard InChI is InChI=1S/C27H26ClN3O3/c1-33-27(32)20-12-10-19(11-13-20)26-30-23(24-25(28)29-14-15-31(24)26)21-8-5-9-22(16-21)34-17-18-6-3-2-4-7-18/h2-9,14-16,19-20H,10-13,17H2,1H3/t19-,20-. The smallest absolute Gasteiger partial charge is 0.308 e. The van der Waals surface area contributed by atoms with E-state index in [1.54, 1.807) is 6.20 Å². The largest absolute Gasteiger partial charge is 0.489 e. The first-order chi connectivity index (χ1) is 16.6. The molecule has 0 amide bonds. The highest BCUT2D eigenvalue weighted by atomic mass is 35.5. The molecule has 0 atom stereocenters. The van der Waals surface area contributed by atoms with Crippen molar-refractivity contribution in [3.8, 4) is 17.0 Å². The maximum absolute atomic E-state index is 12.0. The van der Waals surface area contributed by atoms with Crippen molar-refractivity contribution in [2.24, 2.45) is 5.92 Å². The summed E-state index contributed by atoms with van der Waals surface area (Å²) < 4.78 is 13.0. The lowest BCUT2D eigenvalue weighted by atomic mass is 9.81. The van der Waals surface area contributed by atoms with Gasteiger partial charge in [-0.05, 0) is 43.4 Å². The molecule has 1 aliphatic rings. The van der Waals surface area contributed by atoms with Crippen LogP contribution >= 0.6 is 11.6 Å². The molecule has 1 aliphatic carbocycles. The second-order valence-corrected chi connectivity index (χ2v) is 8.99. The number of aromatic nitrogens is 3. The van der Waals surface area contributed by atoms with E-state index < -0.39 is 0 Å². The maximum Gasteiger partial charge on any atom is 0.308 e. The van der Waals surface area contributed by atoms with Crippen molar-refractivity contribution >= 4 is 23.1 Å². The first kappa shape index (κ1) is 22.4. The van der Waals surface area contributed by atoms with Gasteiger partial charge in [-0.15, -0.1) is 0 Å². The van der Waals surface area contributed by atoms with E-state index in [0.29, 0.717) is 11.8 Å². The lowest BCUT2D eigenvalue weighted by Crippen LogP contribution is -2.23. The predicted molar refractivity (Wildman–Crippen MR) is 131 cm³/mol. The Morgan fingerprint density at radius 3 is 2.65 bits per heavy atom. The monoisotopic (exact) mass is 475 g/mol. The third kappa shape index (κ3) is 4.50. The molecule has 0 N–H and O–H groups in total. The fraction of sp³-hybridized carbons (Fsp3) is 0.296. The van der Waals surface area contributed by atoms with Crippen molar-refractivity contribution in [1.29, 1.82) is 0 Å². The van der Waals surface area contributed by atoms with Gasteiger partial charge in [-0.3, -0.25) is 9.20 Å². The van der Waals surface area contributed by atoms with Crippen LogP contribution in [-0.4, -0.2) is 27.4 Å². The Morgan fingerprint density at radius 1 is 1.09 bits per heavy atom. The summed E-state index contributed by atoms with van der Waals surface area (Å²) in [6, 6.07) is 18.0. The number of halogens is 1. The zero-order chi connectivity index (χ0) is 23.5. The average Bonchev–Trinajstić information content (AvgIpc) is 3.29. The fourth-order valence-corrected chi connectivity index (χ4v) is 4.98. The van der Waals surface area contributed by atoms with Gasteiger partial charge in [0.1, 0.15) is 23.7 Å². The van der Waals surface area contributed by atoms with E-state index in [9.17, 15) is 4.79 Å². The summed E-state index contributed by atoms with van der Waals surface area (Å²) in [6.07, 6.45) is 6.95. The normalized spacial score (nSPS) is 18.1. The number of benzene rings is 2. The lowest BCUT2D eigenvalue weighted by molar-refractivity contribution is -0.146. The van der Waals surface area contributed by atoms with E-state index in [1.807, 2.05) is 65.2 Å². The van der Waals surface area contributed by atoms with Gasteiger partial charge in [0.25, 0.3) is 0 Å². The second-order valence-electron chi connectivity index (χ2n) is 8.63. The maximum atomic E-state index is 12.0. The third-order valence-electron chi connectivity index (χ3n) is 6.52. The molecule has 0 radical (unpaired) electrons. The first-order valence-electron chi connectivity index (χ1n) is 11.5. The van der Waals surface area contributed by atoms with Crippen molar-refractivity contribution in [3.05, 3.63) is 83.5 Å². The molecule has 174 valence electrons. The number of carbonyl (C=O) groups excluding carboxylic acids is 1. The first-order valence-corrected chi connectivity index (χ1v) is 11.9. The number of hydrogen-bond donors (Lipinski definition) is 0. The molecular formula is C27H26ClN3O3. The minimum Gasteiger partial charge on any atom is -0.489 e. The quantitative estimate of drug-likeness (QED) is 0.316. The molecule has 7 heteroatoms. The zero-order valence-electron chi connectivity index (χ0n) is 19.0. The summed E-state index contributed by atoms with van der Waals surface area (Å²) in [6.45, 7) is 0.491. The number of carbonyl (C=O) groups is 1. The molecule has 0 aliphatic heterocycles. The Hall–Kier alpha value is -3.38. The number of imidazole rings is 1. The van der Waals surface area contributed by atoms with Crippen molar-refractivity contribution < 1.29 is 14.3 Å². The van der Waals surface area contributed by atoms with E-state index in [-0.39, 0.29) is 17.8 Å². The average molecular weight is 476 g/mol. The van der Waals surface area contributed by atoms with E-state index in [2.05, 4.69) is 4.98 Å². The Kier molecular flexibility index (Phi) is 6.50. The molecule has 1 saturated carbocycles. The Morgan fingerprint density at radius 2 is 1.88 bits per heavy atom. The number of esters is 1. The van der Waals surface area contributed by atoms with Crippen LogP contribution in [0.4, 0.5) is 0 Å². The van der Waals surface area contributed by atoms with Gasteiger partial charge in [-0.2, -0.15) is 0 Å². The van der Waals surface area contributed by atoms with Crippen molar-refractivity contribution in [3.63, 3.8) is 0 Å². The Balaban J connectivity index is 1.45. The summed E-state index contributed by atoms with van der Waals surface area (Å²) in [7, 11) is 1.45. The van der Waals surface area contributed by atoms with Crippen LogP contribution in [0, 0.1) is 5.92 Å². The van der Waals surface area contributed by atoms with Crippen LogP contribution in [0.1, 0.15) is 43.0 Å². The molecule has 0 spiro atoms. The van der Waals surface area contributed by atoms with E-state index >= 15 is 0 Å². The summed E-state index contributed by atoms with van der Waals surface area (Å²) >= 11 is 6.56. The van der Waals surface area contributed by atoms with Crippen LogP contribution in [0.15, 0.2) is 67.0 Å². The molecule has 0 unspecified atom stereocenters. The molecule has 2 heterocycles. The number of nitrogens with zero attached hydrogens (tertiary/aromatic N) is 3. The number of fused-ring (bicyclic) bond motifs is 1. The molecule has 2 aromatic heterocycles. The minimum atomic E-state index is -0.119. The lowest BCUT2D eigenvalue weighted by Gasteiger charge is -2.26. The molecule has 0 saturated heterocycles. The zero-order valence-corrected chi connectivity index (χ0v) is 19.7. The van der Waals surface area contributed by atoms with Crippen LogP contribution in [-0.2, 0) is 16.1 Å². The molecular weight excluding hydrogens is 450 g/mol. The van der Waals surface area contributed by atoms with Crippen molar-refractivity contribution in [1.82, 2.24) is 14.4 Å². The highest BCUT2D eigenvalue weighted by Gasteiger charge is 2.31. The van der Waals surface area contributed by atoms with Gasteiger partial charge < -0.3 is 9.47 Å². The number of rotatable bonds is 6. The SMILES string of the molecule is COC(=O)[C@H]1CC[C@H](c2nc(-c3cccc(OCc4ccccc4)c3)c3c(Cl)nccn32)CC1. The van der Waals surface area contributed by atoms with Gasteiger partial charge in [0, 0.05) is 23.9 Å².